The summed E-state index contributed by atoms with van der Waals surface area (Å²) in [6.45, 7) is 0.561. The third-order valence-corrected chi connectivity index (χ3v) is 3.94. The largest absolute Gasteiger partial charge is 0.497 e. The van der Waals surface area contributed by atoms with Gasteiger partial charge in [-0.3, -0.25) is 0 Å². The summed E-state index contributed by atoms with van der Waals surface area (Å²) in [5.41, 5.74) is 8.14. The van der Waals surface area contributed by atoms with Crippen molar-refractivity contribution in [2.45, 2.75) is 12.3 Å². The molecule has 0 aliphatic rings. The number of ether oxygens (including phenoxy) is 1. The molecule has 0 bridgehead atoms. The monoisotopic (exact) mass is 309 g/mol. The van der Waals surface area contributed by atoms with E-state index in [0.717, 1.165) is 17.7 Å². The van der Waals surface area contributed by atoms with Crippen molar-refractivity contribution in [3.8, 4) is 5.75 Å². The average Bonchev–Trinajstić information content (AvgIpc) is 2.47. The zero-order valence-corrected chi connectivity index (χ0v) is 12.8. The summed E-state index contributed by atoms with van der Waals surface area (Å²) in [5, 5.41) is 1.33. The lowest BCUT2D eigenvalue weighted by molar-refractivity contribution is 0.414. The smallest absolute Gasteiger partial charge is 0.118 e. The molecule has 0 amide bonds. The normalized spacial score (nSPS) is 12.2. The van der Waals surface area contributed by atoms with Crippen LogP contribution in [0.2, 0.25) is 10.0 Å². The van der Waals surface area contributed by atoms with Gasteiger partial charge in [-0.05, 0) is 48.4 Å². The molecule has 2 rings (SSSR count). The first-order valence-corrected chi connectivity index (χ1v) is 7.17. The lowest BCUT2D eigenvalue weighted by Crippen LogP contribution is -2.15. The van der Waals surface area contributed by atoms with Gasteiger partial charge >= 0.3 is 0 Å². The number of hydrogen-bond donors (Lipinski definition) is 1. The van der Waals surface area contributed by atoms with Gasteiger partial charge in [0.15, 0.2) is 0 Å². The molecular weight excluding hydrogens is 293 g/mol. The summed E-state index contributed by atoms with van der Waals surface area (Å²) in [6, 6.07) is 13.5. The van der Waals surface area contributed by atoms with Gasteiger partial charge < -0.3 is 10.5 Å². The van der Waals surface area contributed by atoms with Crippen molar-refractivity contribution >= 4 is 23.2 Å². The molecule has 2 aromatic carbocycles. The van der Waals surface area contributed by atoms with E-state index in [-0.39, 0.29) is 5.92 Å². The second-order valence-electron chi connectivity index (χ2n) is 4.65. The Bertz CT molecular complexity index is 569. The van der Waals surface area contributed by atoms with E-state index in [2.05, 4.69) is 0 Å². The fourth-order valence-corrected chi connectivity index (χ4v) is 2.65. The molecule has 1 unspecified atom stereocenters. The highest BCUT2D eigenvalue weighted by molar-refractivity contribution is 6.35. The van der Waals surface area contributed by atoms with E-state index >= 15 is 0 Å². The van der Waals surface area contributed by atoms with E-state index in [4.69, 9.17) is 33.7 Å². The SMILES string of the molecule is COc1ccc(C(CN)Cc2ccc(Cl)cc2Cl)cc1. The predicted molar refractivity (Wildman–Crippen MR) is 85.0 cm³/mol. The van der Waals surface area contributed by atoms with E-state index < -0.39 is 0 Å². The van der Waals surface area contributed by atoms with Crippen LogP contribution in [0.1, 0.15) is 17.0 Å². The van der Waals surface area contributed by atoms with E-state index in [0.29, 0.717) is 16.6 Å². The van der Waals surface area contributed by atoms with Gasteiger partial charge in [0, 0.05) is 16.0 Å². The number of halogens is 2. The van der Waals surface area contributed by atoms with Crippen LogP contribution in [0.15, 0.2) is 42.5 Å². The maximum absolute atomic E-state index is 6.22. The zero-order chi connectivity index (χ0) is 14.5. The number of methoxy groups -OCH3 is 1. The van der Waals surface area contributed by atoms with Gasteiger partial charge in [0.05, 0.1) is 7.11 Å². The van der Waals surface area contributed by atoms with Crippen LogP contribution in [0, 0.1) is 0 Å². The summed E-state index contributed by atoms with van der Waals surface area (Å²) >= 11 is 12.1. The zero-order valence-electron chi connectivity index (χ0n) is 11.3. The lowest BCUT2D eigenvalue weighted by atomic mass is 9.92. The maximum Gasteiger partial charge on any atom is 0.118 e. The molecule has 2 nitrogen and oxygen atoms in total. The molecule has 106 valence electrons. The van der Waals surface area contributed by atoms with Crippen molar-refractivity contribution in [3.63, 3.8) is 0 Å². The highest BCUT2D eigenvalue weighted by Gasteiger charge is 2.13. The predicted octanol–water partition coefficient (Wildman–Crippen LogP) is 4.29. The van der Waals surface area contributed by atoms with Crippen LogP contribution in [0.3, 0.4) is 0 Å². The van der Waals surface area contributed by atoms with Crippen LogP contribution < -0.4 is 10.5 Å². The van der Waals surface area contributed by atoms with Crippen molar-refractivity contribution in [1.29, 1.82) is 0 Å². The summed E-state index contributed by atoms with van der Waals surface area (Å²) in [4.78, 5) is 0. The van der Waals surface area contributed by atoms with Gasteiger partial charge in [0.2, 0.25) is 0 Å². The summed E-state index contributed by atoms with van der Waals surface area (Å²) in [5.74, 6) is 1.06. The van der Waals surface area contributed by atoms with Gasteiger partial charge in [-0.15, -0.1) is 0 Å². The minimum atomic E-state index is 0.222. The number of hydrogen-bond acceptors (Lipinski definition) is 2. The molecule has 0 fully saturated rings. The molecule has 2 N–H and O–H groups in total. The van der Waals surface area contributed by atoms with Crippen LogP contribution in [0.5, 0.6) is 5.75 Å². The molecule has 0 spiro atoms. The Morgan fingerprint density at radius 2 is 1.80 bits per heavy atom. The topological polar surface area (TPSA) is 35.2 Å². The van der Waals surface area contributed by atoms with Gasteiger partial charge in [-0.2, -0.15) is 0 Å². The molecule has 1 atom stereocenters. The standard InChI is InChI=1S/C16H17Cl2NO/c1-20-15-6-3-11(4-7-15)13(10-19)8-12-2-5-14(17)9-16(12)18/h2-7,9,13H,8,10,19H2,1H3. The molecule has 0 radical (unpaired) electrons. The van der Waals surface area contributed by atoms with Gasteiger partial charge in [-0.1, -0.05) is 41.4 Å². The van der Waals surface area contributed by atoms with Gasteiger partial charge in [0.25, 0.3) is 0 Å². The molecule has 2 aromatic rings. The van der Waals surface area contributed by atoms with Crippen LogP contribution in [-0.4, -0.2) is 13.7 Å². The molecule has 0 aliphatic carbocycles. The van der Waals surface area contributed by atoms with E-state index in [1.807, 2.05) is 36.4 Å². The molecular formula is C16H17Cl2NO. The number of benzene rings is 2. The third-order valence-electron chi connectivity index (χ3n) is 3.35. The Hall–Kier alpha value is -1.22. The second-order valence-corrected chi connectivity index (χ2v) is 5.49. The average molecular weight is 310 g/mol. The van der Waals surface area contributed by atoms with Crippen molar-refractivity contribution < 1.29 is 4.74 Å². The fraction of sp³-hybridized carbons (Fsp3) is 0.250. The highest BCUT2D eigenvalue weighted by atomic mass is 35.5. The maximum atomic E-state index is 6.22. The van der Waals surface area contributed by atoms with Crippen LogP contribution in [-0.2, 0) is 6.42 Å². The van der Waals surface area contributed by atoms with Crippen molar-refractivity contribution in [1.82, 2.24) is 0 Å². The Balaban J connectivity index is 2.19. The summed E-state index contributed by atoms with van der Waals surface area (Å²) < 4.78 is 5.17. The van der Waals surface area contributed by atoms with Crippen LogP contribution in [0.4, 0.5) is 0 Å². The molecule has 0 heterocycles. The molecule has 0 saturated carbocycles. The Kier molecular flexibility index (Phi) is 5.30. The Labute approximate surface area is 129 Å². The summed E-state index contributed by atoms with van der Waals surface area (Å²) in [7, 11) is 1.66. The van der Waals surface area contributed by atoms with Crippen LogP contribution in [0.25, 0.3) is 0 Å². The number of rotatable bonds is 5. The van der Waals surface area contributed by atoms with E-state index in [1.54, 1.807) is 13.2 Å². The molecule has 20 heavy (non-hydrogen) atoms. The minimum absolute atomic E-state index is 0.222. The van der Waals surface area contributed by atoms with Gasteiger partial charge in [-0.25, -0.2) is 0 Å². The second kappa shape index (κ2) is 6.98. The first-order chi connectivity index (χ1) is 9.63. The Morgan fingerprint density at radius 1 is 1.10 bits per heavy atom. The molecule has 0 saturated heterocycles. The summed E-state index contributed by atoms with van der Waals surface area (Å²) in [6.07, 6.45) is 0.791. The fourth-order valence-electron chi connectivity index (χ4n) is 2.17. The van der Waals surface area contributed by atoms with Crippen molar-refractivity contribution in [3.05, 3.63) is 63.6 Å². The molecule has 0 aromatic heterocycles. The third kappa shape index (κ3) is 3.66. The van der Waals surface area contributed by atoms with Crippen molar-refractivity contribution in [2.24, 2.45) is 5.73 Å². The van der Waals surface area contributed by atoms with Crippen molar-refractivity contribution in [2.75, 3.05) is 13.7 Å². The molecule has 0 aliphatic heterocycles. The quantitative estimate of drug-likeness (QED) is 0.894. The minimum Gasteiger partial charge on any atom is -0.497 e. The van der Waals surface area contributed by atoms with E-state index in [9.17, 15) is 0 Å². The highest BCUT2D eigenvalue weighted by Crippen LogP contribution is 2.27. The van der Waals surface area contributed by atoms with Crippen LogP contribution >= 0.6 is 23.2 Å². The van der Waals surface area contributed by atoms with E-state index in [1.165, 1.54) is 5.56 Å². The molecule has 4 heteroatoms. The van der Waals surface area contributed by atoms with Gasteiger partial charge in [0.1, 0.15) is 5.75 Å². The number of nitrogens with two attached hydrogens (primary N) is 1. The first kappa shape index (κ1) is 15.2. The lowest BCUT2D eigenvalue weighted by Gasteiger charge is -2.16. The Morgan fingerprint density at radius 3 is 2.35 bits per heavy atom. The first-order valence-electron chi connectivity index (χ1n) is 6.42.